The number of nitrogens with one attached hydrogen (secondary N) is 2. The summed E-state index contributed by atoms with van der Waals surface area (Å²) < 4.78 is 32.7. The number of aliphatic hydroxyl groups is 1. The minimum Gasteiger partial charge on any atom is -0.485 e. The first kappa shape index (κ1) is 25.5. The van der Waals surface area contributed by atoms with Gasteiger partial charge in [0.1, 0.15) is 19.3 Å². The average molecular weight is 494 g/mol. The Morgan fingerprint density at radius 2 is 1.44 bits per heavy atom. The number of rotatable bonds is 12. The Morgan fingerprint density at radius 3 is 1.88 bits per heavy atom. The Kier molecular flexibility index (Phi) is 8.54. The molecule has 0 saturated carbocycles. The molecular weight excluding hydrogens is 467 g/mol. The fourth-order valence-corrected chi connectivity index (χ4v) is 3.72. The second-order valence-electron chi connectivity index (χ2n) is 7.31. The van der Waals surface area contributed by atoms with E-state index >= 15 is 0 Å². The molecule has 0 aliphatic carbocycles. The number of hydrogen-bond donors (Lipinski definition) is 5. The quantitative estimate of drug-likeness (QED) is 0.218. The molecule has 5 N–H and O–H groups in total. The lowest BCUT2D eigenvalue weighted by molar-refractivity contribution is -0.148. The van der Waals surface area contributed by atoms with Crippen LogP contribution < -0.4 is 10.6 Å². The monoisotopic (exact) mass is 494 g/mol. The van der Waals surface area contributed by atoms with Crippen LogP contribution in [-0.4, -0.2) is 53.8 Å². The molecule has 0 amide bonds. The number of carbonyl (C=O) groups excluding carboxylic acids is 1. The smallest absolute Gasteiger partial charge is 0.470 e. The van der Waals surface area contributed by atoms with Gasteiger partial charge in [0.05, 0.1) is 6.61 Å². The highest BCUT2D eigenvalue weighted by Gasteiger charge is 2.45. The van der Waals surface area contributed by atoms with Gasteiger partial charge < -0.3 is 39.7 Å². The Morgan fingerprint density at radius 1 is 0.941 bits per heavy atom. The minimum atomic E-state index is -5.00. The fourth-order valence-electron chi connectivity index (χ4n) is 3.19. The number of hydrogen-bond acceptors (Lipinski definition) is 9. The first-order valence-corrected chi connectivity index (χ1v) is 11.9. The molecule has 11 nitrogen and oxygen atoms in total. The van der Waals surface area contributed by atoms with Crippen LogP contribution in [0, 0.1) is 0 Å². The van der Waals surface area contributed by atoms with Gasteiger partial charge in [0, 0.05) is 25.5 Å². The van der Waals surface area contributed by atoms with Crippen molar-refractivity contribution in [2.75, 3.05) is 31.3 Å². The lowest BCUT2D eigenvalue weighted by Crippen LogP contribution is -2.34. The van der Waals surface area contributed by atoms with Crippen molar-refractivity contribution in [3.8, 4) is 0 Å². The van der Waals surface area contributed by atoms with Crippen LogP contribution in [0.2, 0.25) is 0 Å². The van der Waals surface area contributed by atoms with Crippen molar-refractivity contribution in [3.05, 3.63) is 71.2 Å². The van der Waals surface area contributed by atoms with Crippen LogP contribution in [0.4, 0.5) is 11.4 Å². The highest BCUT2D eigenvalue weighted by molar-refractivity contribution is 7.46. The zero-order valence-corrected chi connectivity index (χ0v) is 19.5. The molecule has 0 bridgehead atoms. The van der Waals surface area contributed by atoms with Gasteiger partial charge >= 0.3 is 13.8 Å². The van der Waals surface area contributed by atoms with Crippen LogP contribution in [0.5, 0.6) is 0 Å². The van der Waals surface area contributed by atoms with Gasteiger partial charge in [0.2, 0.25) is 5.76 Å². The number of benzene rings is 2. The highest BCUT2D eigenvalue weighted by Crippen LogP contribution is 2.41. The number of esters is 1. The third-order valence-corrected chi connectivity index (χ3v) is 5.50. The van der Waals surface area contributed by atoms with E-state index in [0.717, 1.165) is 22.5 Å². The summed E-state index contributed by atoms with van der Waals surface area (Å²) in [5.41, 5.74) is 3.30. The number of phosphoric acid groups is 1. The maximum absolute atomic E-state index is 12.6. The SMILES string of the molecule is CNc1ccc(COC2=C(OCc3ccc(NC)cc3)C(C(CO)OP(=O)(O)O)OC2=O)cc1. The molecule has 12 heteroatoms. The summed E-state index contributed by atoms with van der Waals surface area (Å²) in [4.78, 5) is 30.9. The second-order valence-corrected chi connectivity index (χ2v) is 8.50. The summed E-state index contributed by atoms with van der Waals surface area (Å²) in [6.07, 6.45) is -2.98. The summed E-state index contributed by atoms with van der Waals surface area (Å²) in [5, 5.41) is 15.6. The molecule has 0 aromatic heterocycles. The fraction of sp³-hybridized carbons (Fsp3) is 0.318. The third kappa shape index (κ3) is 6.72. The largest absolute Gasteiger partial charge is 0.485 e. The van der Waals surface area contributed by atoms with Gasteiger partial charge in [0.15, 0.2) is 11.9 Å². The first-order chi connectivity index (χ1) is 16.2. The molecule has 1 aliphatic heterocycles. The molecule has 2 aromatic rings. The Balaban J connectivity index is 1.84. The zero-order chi connectivity index (χ0) is 24.7. The summed E-state index contributed by atoms with van der Waals surface area (Å²) in [6.45, 7) is -0.830. The predicted octanol–water partition coefficient (Wildman–Crippen LogP) is 2.11. The van der Waals surface area contributed by atoms with Crippen molar-refractivity contribution in [1.29, 1.82) is 0 Å². The van der Waals surface area contributed by atoms with Crippen molar-refractivity contribution >= 4 is 25.2 Å². The first-order valence-electron chi connectivity index (χ1n) is 10.3. The molecule has 184 valence electrons. The van der Waals surface area contributed by atoms with Gasteiger partial charge in [-0.2, -0.15) is 0 Å². The Labute approximate surface area is 196 Å². The average Bonchev–Trinajstić information content (AvgIpc) is 3.14. The summed E-state index contributed by atoms with van der Waals surface area (Å²) in [6, 6.07) is 14.6. The van der Waals surface area contributed by atoms with E-state index in [4.69, 9.17) is 14.2 Å². The van der Waals surface area contributed by atoms with Crippen LogP contribution in [0.3, 0.4) is 0 Å². The Bertz CT molecular complexity index is 1050. The topological polar surface area (TPSA) is 156 Å². The van der Waals surface area contributed by atoms with Gasteiger partial charge in [-0.15, -0.1) is 0 Å². The molecule has 0 spiro atoms. The van der Waals surface area contributed by atoms with Crippen molar-refractivity contribution in [2.45, 2.75) is 25.4 Å². The summed E-state index contributed by atoms with van der Waals surface area (Å²) >= 11 is 0. The van der Waals surface area contributed by atoms with E-state index in [-0.39, 0.29) is 24.7 Å². The van der Waals surface area contributed by atoms with E-state index in [2.05, 4.69) is 15.2 Å². The van der Waals surface area contributed by atoms with Crippen LogP contribution in [0.25, 0.3) is 0 Å². The standard InChI is InChI=1S/C22H27N2O9P/c1-23-16-7-3-14(4-8-16)12-30-20-19(18(11-25)33-34(27,28)29)32-22(26)21(20)31-13-15-5-9-17(24-2)10-6-15/h3-10,18-19,23-25H,11-13H2,1-2H3,(H2,27,28,29). The molecule has 2 atom stereocenters. The maximum Gasteiger partial charge on any atom is 0.470 e. The third-order valence-electron chi connectivity index (χ3n) is 4.95. The molecule has 34 heavy (non-hydrogen) atoms. The van der Waals surface area contributed by atoms with E-state index in [0.29, 0.717) is 0 Å². The zero-order valence-electron chi connectivity index (χ0n) is 18.6. The van der Waals surface area contributed by atoms with Crippen LogP contribution in [-0.2, 0) is 41.3 Å². The van der Waals surface area contributed by atoms with Gasteiger partial charge in [-0.3, -0.25) is 4.52 Å². The second kappa shape index (κ2) is 11.4. The number of carbonyl (C=O) groups is 1. The van der Waals surface area contributed by atoms with Gasteiger partial charge in [-0.05, 0) is 35.4 Å². The molecule has 0 radical (unpaired) electrons. The van der Waals surface area contributed by atoms with Crippen molar-refractivity contribution in [2.24, 2.45) is 0 Å². The lowest BCUT2D eigenvalue weighted by atomic mass is 10.1. The molecular formula is C22H27N2O9P. The van der Waals surface area contributed by atoms with Gasteiger partial charge in [0.25, 0.3) is 0 Å². The normalized spacial score (nSPS) is 16.7. The molecule has 0 saturated heterocycles. The number of anilines is 2. The number of aliphatic hydroxyl groups excluding tert-OH is 1. The molecule has 0 fully saturated rings. The van der Waals surface area contributed by atoms with Gasteiger partial charge in [-0.25, -0.2) is 9.36 Å². The van der Waals surface area contributed by atoms with Crippen molar-refractivity contribution < 1.29 is 43.0 Å². The van der Waals surface area contributed by atoms with Gasteiger partial charge in [-0.1, -0.05) is 24.3 Å². The highest BCUT2D eigenvalue weighted by atomic mass is 31.2. The Hall–Kier alpha value is -3.08. The molecule has 2 aromatic carbocycles. The van der Waals surface area contributed by atoms with E-state index in [1.165, 1.54) is 0 Å². The maximum atomic E-state index is 12.6. The summed E-state index contributed by atoms with van der Waals surface area (Å²) in [7, 11) is -1.42. The number of phosphoric ester groups is 1. The van der Waals surface area contributed by atoms with E-state index in [1.807, 2.05) is 24.3 Å². The number of ether oxygens (including phenoxy) is 3. The molecule has 1 heterocycles. The van der Waals surface area contributed by atoms with Crippen LogP contribution >= 0.6 is 7.82 Å². The summed E-state index contributed by atoms with van der Waals surface area (Å²) in [5.74, 6) is -1.28. The van der Waals surface area contributed by atoms with E-state index < -0.39 is 32.6 Å². The van der Waals surface area contributed by atoms with Crippen LogP contribution in [0.15, 0.2) is 60.0 Å². The molecule has 2 unspecified atom stereocenters. The molecule has 3 rings (SSSR count). The number of cyclic esters (lactones) is 1. The minimum absolute atomic E-state index is 0.00422. The lowest BCUT2D eigenvalue weighted by Gasteiger charge is -2.23. The van der Waals surface area contributed by atoms with E-state index in [9.17, 15) is 24.3 Å². The molecule has 1 aliphatic rings. The van der Waals surface area contributed by atoms with E-state index in [1.54, 1.807) is 38.4 Å². The van der Waals surface area contributed by atoms with Crippen molar-refractivity contribution in [3.63, 3.8) is 0 Å². The van der Waals surface area contributed by atoms with Crippen molar-refractivity contribution in [1.82, 2.24) is 0 Å². The predicted molar refractivity (Wildman–Crippen MR) is 122 cm³/mol. The van der Waals surface area contributed by atoms with Crippen LogP contribution in [0.1, 0.15) is 11.1 Å².